The molecule has 0 spiro atoms. The molecule has 9 heteroatoms. The van der Waals surface area contributed by atoms with E-state index in [1.165, 1.54) is 0 Å². The number of rotatable bonds is 4. The van der Waals surface area contributed by atoms with Crippen molar-refractivity contribution in [1.82, 2.24) is 24.6 Å². The lowest BCUT2D eigenvalue weighted by Gasteiger charge is -2.25. The summed E-state index contributed by atoms with van der Waals surface area (Å²) in [6, 6.07) is 7.60. The largest absolute Gasteiger partial charge is 0.494 e. The van der Waals surface area contributed by atoms with Gasteiger partial charge in [0.15, 0.2) is 0 Å². The van der Waals surface area contributed by atoms with Crippen LogP contribution in [-0.4, -0.2) is 38.2 Å². The van der Waals surface area contributed by atoms with Crippen molar-refractivity contribution in [3.8, 4) is 17.1 Å². The van der Waals surface area contributed by atoms with Crippen LogP contribution in [0.2, 0.25) is 5.15 Å². The van der Waals surface area contributed by atoms with Crippen LogP contribution in [0.15, 0.2) is 60.7 Å². The third-order valence-electron chi connectivity index (χ3n) is 4.84. The van der Waals surface area contributed by atoms with Crippen molar-refractivity contribution in [3.63, 3.8) is 0 Å². The highest BCUT2D eigenvalue weighted by molar-refractivity contribution is 7.20. The number of ether oxygens (including phenoxy) is 1. The number of nitrogens with zero attached hydrogens (tertiary/aromatic N) is 6. The number of methoxy groups -OCH3 is 1. The summed E-state index contributed by atoms with van der Waals surface area (Å²) >= 11 is 7.64. The summed E-state index contributed by atoms with van der Waals surface area (Å²) in [5.41, 5.74) is 4.69. The van der Waals surface area contributed by atoms with Gasteiger partial charge in [0.1, 0.15) is 16.6 Å². The number of aromatic nitrogens is 5. The summed E-state index contributed by atoms with van der Waals surface area (Å²) in [6.45, 7) is 2.75. The van der Waals surface area contributed by atoms with E-state index >= 15 is 0 Å². The summed E-state index contributed by atoms with van der Waals surface area (Å²) in [5.74, 6) is 0.693. The van der Waals surface area contributed by atoms with Gasteiger partial charge in [0.2, 0.25) is 10.1 Å². The van der Waals surface area contributed by atoms with Crippen LogP contribution in [-0.2, 0) is 0 Å². The van der Waals surface area contributed by atoms with Gasteiger partial charge < -0.3 is 9.64 Å². The molecule has 0 amide bonds. The quantitative estimate of drug-likeness (QED) is 0.431. The van der Waals surface area contributed by atoms with Gasteiger partial charge in [-0.15, -0.1) is 5.10 Å². The first-order chi connectivity index (χ1) is 14.6. The summed E-state index contributed by atoms with van der Waals surface area (Å²) in [5, 5.41) is 6.04. The first-order valence-corrected chi connectivity index (χ1v) is 10.5. The van der Waals surface area contributed by atoms with Gasteiger partial charge in [-0.25, -0.2) is 14.5 Å². The molecule has 1 aliphatic rings. The second-order valence-electron chi connectivity index (χ2n) is 6.72. The lowest BCUT2D eigenvalue weighted by atomic mass is 10.0. The first kappa shape index (κ1) is 18.8. The van der Waals surface area contributed by atoms with Crippen molar-refractivity contribution in [3.05, 3.63) is 71.4 Å². The fraction of sp³-hybridized carbons (Fsp3) is 0.143. The Labute approximate surface area is 181 Å². The van der Waals surface area contributed by atoms with Crippen LogP contribution >= 0.6 is 22.9 Å². The molecule has 0 saturated carbocycles. The number of allylic oxidation sites excluding steroid dienone is 3. The summed E-state index contributed by atoms with van der Waals surface area (Å²) in [6.07, 6.45) is 9.54. The molecule has 0 unspecified atom stereocenters. The highest BCUT2D eigenvalue weighted by atomic mass is 35.5. The van der Waals surface area contributed by atoms with E-state index in [1.807, 2.05) is 35.0 Å². The second-order valence-corrected chi connectivity index (χ2v) is 8.04. The minimum atomic E-state index is 0.435. The number of imidazole rings is 1. The summed E-state index contributed by atoms with van der Waals surface area (Å²) in [7, 11) is 1.63. The molecule has 4 aromatic heterocycles. The fourth-order valence-electron chi connectivity index (χ4n) is 3.35. The molecular weight excluding hydrogens is 420 g/mol. The number of halogens is 1. The Kier molecular flexibility index (Phi) is 4.72. The Hall–Kier alpha value is -3.23. The van der Waals surface area contributed by atoms with E-state index in [9.17, 15) is 0 Å². The number of anilines is 1. The molecule has 0 N–H and O–H groups in total. The molecular formula is C21H17ClN6OS. The first-order valence-electron chi connectivity index (χ1n) is 9.26. The molecule has 30 heavy (non-hydrogen) atoms. The van der Waals surface area contributed by atoms with Crippen LogP contribution in [0.1, 0.15) is 12.5 Å². The van der Waals surface area contributed by atoms with E-state index in [0.29, 0.717) is 17.4 Å². The molecule has 5 rings (SSSR count). The van der Waals surface area contributed by atoms with E-state index < -0.39 is 0 Å². The monoisotopic (exact) mass is 436 g/mol. The maximum atomic E-state index is 6.10. The van der Waals surface area contributed by atoms with Crippen LogP contribution in [0.3, 0.4) is 0 Å². The van der Waals surface area contributed by atoms with Gasteiger partial charge in [-0.3, -0.25) is 4.98 Å². The van der Waals surface area contributed by atoms with Gasteiger partial charge >= 0.3 is 0 Å². The average molecular weight is 437 g/mol. The Morgan fingerprint density at radius 2 is 2.10 bits per heavy atom. The standard InChI is InChI=1S/C21H17ClN6OS/c1-13-9-14(15-10-19(22)24-11-18(15)29-2)6-8-27(13)21-26-28-12-17(25-20(28)30-21)16-5-3-4-7-23-16/h3-7,9-12H,8H2,1-2H3. The fourth-order valence-corrected chi connectivity index (χ4v) is 4.46. The molecule has 0 bridgehead atoms. The van der Waals surface area contributed by atoms with Crippen molar-refractivity contribution in [1.29, 1.82) is 0 Å². The molecule has 0 aromatic carbocycles. The molecule has 0 radical (unpaired) electrons. The summed E-state index contributed by atoms with van der Waals surface area (Å²) in [4.78, 5) is 16.1. The van der Waals surface area contributed by atoms with E-state index in [4.69, 9.17) is 21.4 Å². The van der Waals surface area contributed by atoms with Crippen molar-refractivity contribution in [2.75, 3.05) is 18.6 Å². The van der Waals surface area contributed by atoms with Gasteiger partial charge in [0, 0.05) is 24.0 Å². The maximum Gasteiger partial charge on any atom is 0.214 e. The van der Waals surface area contributed by atoms with Crippen LogP contribution in [0.25, 0.3) is 21.9 Å². The topological polar surface area (TPSA) is 68.4 Å². The zero-order chi connectivity index (χ0) is 20.7. The predicted molar refractivity (Wildman–Crippen MR) is 119 cm³/mol. The highest BCUT2D eigenvalue weighted by Gasteiger charge is 2.20. The van der Waals surface area contributed by atoms with Gasteiger partial charge in [0.05, 0.1) is 25.2 Å². The van der Waals surface area contributed by atoms with Crippen LogP contribution in [0.5, 0.6) is 5.75 Å². The average Bonchev–Trinajstić information content (AvgIpc) is 3.33. The molecule has 4 aromatic rings. The SMILES string of the molecule is COc1cnc(Cl)cc1C1=CCN(c2nn3cc(-c4ccccn4)nc3s2)C(C)=C1. The molecule has 0 aliphatic carbocycles. The van der Waals surface area contributed by atoms with Crippen LogP contribution in [0, 0.1) is 0 Å². The van der Waals surface area contributed by atoms with Crippen molar-refractivity contribution >= 4 is 38.6 Å². The van der Waals surface area contributed by atoms with E-state index in [1.54, 1.807) is 30.8 Å². The lowest BCUT2D eigenvalue weighted by Crippen LogP contribution is -2.23. The molecule has 0 fully saturated rings. The predicted octanol–water partition coefficient (Wildman–Crippen LogP) is 4.72. The molecule has 0 atom stereocenters. The van der Waals surface area contributed by atoms with Gasteiger partial charge in [-0.05, 0) is 36.8 Å². The Bertz CT molecular complexity index is 1260. The highest BCUT2D eigenvalue weighted by Crippen LogP contribution is 2.34. The van der Waals surface area contributed by atoms with Gasteiger partial charge in [-0.2, -0.15) is 0 Å². The van der Waals surface area contributed by atoms with Gasteiger partial charge in [0.25, 0.3) is 0 Å². The molecule has 5 heterocycles. The zero-order valence-corrected chi connectivity index (χ0v) is 17.9. The molecule has 1 aliphatic heterocycles. The van der Waals surface area contributed by atoms with Crippen molar-refractivity contribution < 1.29 is 4.74 Å². The number of fused-ring (bicyclic) bond motifs is 1. The minimum Gasteiger partial charge on any atom is -0.494 e. The van der Waals surface area contributed by atoms with Crippen molar-refractivity contribution in [2.24, 2.45) is 0 Å². The van der Waals surface area contributed by atoms with E-state index in [2.05, 4.69) is 38.9 Å². The maximum absolute atomic E-state index is 6.10. The van der Waals surface area contributed by atoms with Crippen LogP contribution < -0.4 is 9.64 Å². The summed E-state index contributed by atoms with van der Waals surface area (Å²) < 4.78 is 7.25. The third-order valence-corrected chi connectivity index (χ3v) is 5.99. The Morgan fingerprint density at radius 3 is 2.83 bits per heavy atom. The second kappa shape index (κ2) is 7.55. The minimum absolute atomic E-state index is 0.435. The smallest absolute Gasteiger partial charge is 0.214 e. The Balaban J connectivity index is 1.43. The number of pyridine rings is 2. The van der Waals surface area contributed by atoms with Crippen molar-refractivity contribution in [2.45, 2.75) is 6.92 Å². The van der Waals surface area contributed by atoms with Gasteiger partial charge in [-0.1, -0.05) is 35.1 Å². The number of hydrogen-bond acceptors (Lipinski definition) is 7. The van der Waals surface area contributed by atoms with E-state index in [0.717, 1.165) is 38.3 Å². The normalized spacial score (nSPS) is 14.0. The third kappa shape index (κ3) is 3.34. The molecule has 0 saturated heterocycles. The molecule has 150 valence electrons. The lowest BCUT2D eigenvalue weighted by molar-refractivity contribution is 0.411. The number of hydrogen-bond donors (Lipinski definition) is 0. The zero-order valence-electron chi connectivity index (χ0n) is 16.3. The Morgan fingerprint density at radius 1 is 1.20 bits per heavy atom. The van der Waals surface area contributed by atoms with E-state index in [-0.39, 0.29) is 0 Å². The van der Waals surface area contributed by atoms with Crippen LogP contribution in [0.4, 0.5) is 5.13 Å². The molecule has 7 nitrogen and oxygen atoms in total.